The zero-order chi connectivity index (χ0) is 8.67. The molecule has 3 rings (SSSR count). The first-order valence-corrected chi connectivity index (χ1v) is 4.61. The zero-order valence-corrected chi connectivity index (χ0v) is 8.55. The summed E-state index contributed by atoms with van der Waals surface area (Å²) in [5, 5.41) is 0. The molecule has 0 nitrogen and oxygen atoms in total. The highest BCUT2D eigenvalue weighted by atomic mass is 35.5. The topological polar surface area (TPSA) is 0 Å². The zero-order valence-electron chi connectivity index (χ0n) is 7.73. The van der Waals surface area contributed by atoms with Crippen molar-refractivity contribution in [2.24, 2.45) is 0 Å². The predicted molar refractivity (Wildman–Crippen MR) is 62.6 cm³/mol. The lowest BCUT2D eigenvalue weighted by molar-refractivity contribution is 1.16. The number of fused-ring (bicyclic) bond motifs is 2. The maximum atomic E-state index is 2.27. The van der Waals surface area contributed by atoms with Gasteiger partial charge in [0, 0.05) is 0 Å². The third kappa shape index (κ3) is 1.32. The normalized spacial score (nSPS) is 16.3. The Morgan fingerprint density at radius 2 is 1.93 bits per heavy atom. The van der Waals surface area contributed by atoms with E-state index in [0.29, 0.717) is 0 Å². The van der Waals surface area contributed by atoms with Gasteiger partial charge in [0.2, 0.25) is 0 Å². The second-order valence-corrected chi connectivity index (χ2v) is 3.53. The molecular formula is C13H11Cl. The van der Waals surface area contributed by atoms with E-state index in [2.05, 4.69) is 48.6 Å². The van der Waals surface area contributed by atoms with Crippen molar-refractivity contribution in [1.82, 2.24) is 0 Å². The molecule has 0 amide bonds. The summed E-state index contributed by atoms with van der Waals surface area (Å²) in [5.41, 5.74) is 5.67. The quantitative estimate of drug-likeness (QED) is 0.604. The van der Waals surface area contributed by atoms with Crippen LogP contribution in [0.1, 0.15) is 11.1 Å². The monoisotopic (exact) mass is 202 g/mol. The summed E-state index contributed by atoms with van der Waals surface area (Å²) < 4.78 is 0. The lowest BCUT2D eigenvalue weighted by Crippen LogP contribution is -1.99. The van der Waals surface area contributed by atoms with Crippen LogP contribution in [0.5, 0.6) is 0 Å². The minimum Gasteiger partial charge on any atom is -0.147 e. The first-order chi connectivity index (χ1) is 6.43. The largest absolute Gasteiger partial charge is 0.147 e. The highest BCUT2D eigenvalue weighted by Crippen LogP contribution is 2.31. The van der Waals surface area contributed by atoms with Gasteiger partial charge < -0.3 is 0 Å². The van der Waals surface area contributed by atoms with Crippen molar-refractivity contribution in [2.45, 2.75) is 6.42 Å². The number of allylic oxidation sites excluding steroid dienone is 5. The van der Waals surface area contributed by atoms with Crippen molar-refractivity contribution < 1.29 is 0 Å². The Morgan fingerprint density at radius 1 is 1.07 bits per heavy atom. The number of rotatable bonds is 0. The number of hydrogen-bond acceptors (Lipinski definition) is 0. The summed E-state index contributed by atoms with van der Waals surface area (Å²) >= 11 is 0. The van der Waals surface area contributed by atoms with E-state index in [-0.39, 0.29) is 12.4 Å². The number of benzene rings is 1. The van der Waals surface area contributed by atoms with Gasteiger partial charge in [-0.15, -0.1) is 12.4 Å². The Labute approximate surface area is 90.1 Å². The van der Waals surface area contributed by atoms with E-state index >= 15 is 0 Å². The van der Waals surface area contributed by atoms with Gasteiger partial charge in [0.1, 0.15) is 0 Å². The molecule has 0 radical (unpaired) electrons. The Hall–Kier alpha value is -1.27. The second kappa shape index (κ2) is 3.47. The van der Waals surface area contributed by atoms with Gasteiger partial charge in [-0.25, -0.2) is 0 Å². The van der Waals surface area contributed by atoms with Gasteiger partial charge in [-0.05, 0) is 34.8 Å². The first-order valence-electron chi connectivity index (χ1n) is 4.61. The average Bonchev–Trinajstić information content (AvgIpc) is 2.61. The molecule has 2 aliphatic carbocycles. The SMILES string of the molecule is C1=CC2=Cc3ccccc3CC2=C1.Cl. The number of halogens is 1. The molecule has 0 saturated heterocycles. The van der Waals surface area contributed by atoms with Gasteiger partial charge >= 0.3 is 0 Å². The summed E-state index contributed by atoms with van der Waals surface area (Å²) in [6.45, 7) is 0. The van der Waals surface area contributed by atoms with Crippen molar-refractivity contribution in [1.29, 1.82) is 0 Å². The van der Waals surface area contributed by atoms with Crippen LogP contribution in [0.25, 0.3) is 6.08 Å². The van der Waals surface area contributed by atoms with Crippen molar-refractivity contribution in [3.63, 3.8) is 0 Å². The third-order valence-corrected chi connectivity index (χ3v) is 2.69. The van der Waals surface area contributed by atoms with Gasteiger partial charge in [-0.1, -0.05) is 42.5 Å². The molecule has 0 heterocycles. The van der Waals surface area contributed by atoms with Crippen LogP contribution in [0.3, 0.4) is 0 Å². The second-order valence-electron chi connectivity index (χ2n) is 3.53. The van der Waals surface area contributed by atoms with Crippen LogP contribution in [0, 0.1) is 0 Å². The van der Waals surface area contributed by atoms with Gasteiger partial charge in [-0.3, -0.25) is 0 Å². The van der Waals surface area contributed by atoms with E-state index < -0.39 is 0 Å². The molecule has 0 bridgehead atoms. The maximum Gasteiger partial charge on any atom is -0.00139 e. The molecule has 70 valence electrons. The van der Waals surface area contributed by atoms with Crippen LogP contribution in [-0.4, -0.2) is 0 Å². The average molecular weight is 203 g/mol. The molecule has 0 aliphatic heterocycles. The number of hydrogen-bond donors (Lipinski definition) is 0. The molecule has 0 N–H and O–H groups in total. The molecule has 2 aliphatic rings. The third-order valence-electron chi connectivity index (χ3n) is 2.69. The minimum absolute atomic E-state index is 0. The molecule has 1 aromatic rings. The van der Waals surface area contributed by atoms with Crippen molar-refractivity contribution in [2.75, 3.05) is 0 Å². The van der Waals surface area contributed by atoms with Gasteiger partial charge in [0.25, 0.3) is 0 Å². The van der Waals surface area contributed by atoms with Crippen LogP contribution in [0.4, 0.5) is 0 Å². The fourth-order valence-corrected chi connectivity index (χ4v) is 1.98. The highest BCUT2D eigenvalue weighted by molar-refractivity contribution is 5.85. The van der Waals surface area contributed by atoms with E-state index in [1.165, 1.54) is 22.3 Å². The van der Waals surface area contributed by atoms with E-state index in [9.17, 15) is 0 Å². The van der Waals surface area contributed by atoms with E-state index in [0.717, 1.165) is 6.42 Å². The van der Waals surface area contributed by atoms with Gasteiger partial charge in [0.05, 0.1) is 0 Å². The summed E-state index contributed by atoms with van der Waals surface area (Å²) in [7, 11) is 0. The van der Waals surface area contributed by atoms with Crippen LogP contribution in [0.15, 0.2) is 53.6 Å². The van der Waals surface area contributed by atoms with Crippen molar-refractivity contribution in [3.8, 4) is 0 Å². The molecule has 14 heavy (non-hydrogen) atoms. The summed E-state index contributed by atoms with van der Waals surface area (Å²) in [4.78, 5) is 0. The van der Waals surface area contributed by atoms with E-state index in [4.69, 9.17) is 0 Å². The Morgan fingerprint density at radius 3 is 2.86 bits per heavy atom. The fraction of sp³-hybridized carbons (Fsp3) is 0.0769. The van der Waals surface area contributed by atoms with Crippen LogP contribution in [0.2, 0.25) is 0 Å². The Balaban J connectivity index is 0.000000750. The van der Waals surface area contributed by atoms with Crippen molar-refractivity contribution >= 4 is 18.5 Å². The molecule has 0 spiro atoms. The smallest absolute Gasteiger partial charge is 0.00139 e. The summed E-state index contributed by atoms with van der Waals surface area (Å²) in [6.07, 6.45) is 9.89. The molecule has 0 atom stereocenters. The molecule has 1 heteroatoms. The highest BCUT2D eigenvalue weighted by Gasteiger charge is 2.14. The van der Waals surface area contributed by atoms with Gasteiger partial charge in [0.15, 0.2) is 0 Å². The molecule has 1 aromatic carbocycles. The van der Waals surface area contributed by atoms with Crippen LogP contribution in [-0.2, 0) is 6.42 Å². The van der Waals surface area contributed by atoms with Crippen LogP contribution >= 0.6 is 12.4 Å². The standard InChI is InChI=1S/C13H10.ClH/c1-2-5-11-9-13-7-3-6-12(13)8-10(11)4-1;/h1-8H,9H2;1H. The fourth-order valence-electron chi connectivity index (χ4n) is 1.98. The van der Waals surface area contributed by atoms with E-state index in [1.807, 2.05) is 0 Å². The molecule has 0 unspecified atom stereocenters. The molecule has 0 fully saturated rings. The lowest BCUT2D eigenvalue weighted by Gasteiger charge is -2.14. The van der Waals surface area contributed by atoms with Crippen LogP contribution < -0.4 is 0 Å². The first kappa shape index (κ1) is 9.29. The van der Waals surface area contributed by atoms with E-state index in [1.54, 1.807) is 0 Å². The summed E-state index contributed by atoms with van der Waals surface area (Å²) in [6, 6.07) is 8.61. The summed E-state index contributed by atoms with van der Waals surface area (Å²) in [5.74, 6) is 0. The molecule has 0 aromatic heterocycles. The maximum absolute atomic E-state index is 2.27. The Bertz CT molecular complexity index is 450. The predicted octanol–water partition coefficient (Wildman–Crippen LogP) is 3.54. The molecule has 0 saturated carbocycles. The Kier molecular flexibility index (Phi) is 2.30. The molecular weight excluding hydrogens is 192 g/mol. The van der Waals surface area contributed by atoms with Crippen molar-refractivity contribution in [3.05, 3.63) is 64.8 Å². The minimum atomic E-state index is 0. The lowest BCUT2D eigenvalue weighted by atomic mass is 9.90. The van der Waals surface area contributed by atoms with Gasteiger partial charge in [-0.2, -0.15) is 0 Å².